The van der Waals surface area contributed by atoms with Crippen LogP contribution in [0, 0.1) is 0 Å². The van der Waals surface area contributed by atoms with Gasteiger partial charge in [0.05, 0.1) is 11.2 Å². The first kappa shape index (κ1) is 15.7. The van der Waals surface area contributed by atoms with Crippen molar-refractivity contribution in [1.82, 2.24) is 19.8 Å². The second-order valence-electron chi connectivity index (χ2n) is 4.09. The van der Waals surface area contributed by atoms with Crippen molar-refractivity contribution in [2.45, 2.75) is 23.9 Å². The van der Waals surface area contributed by atoms with E-state index in [1.807, 2.05) is 0 Å². The van der Waals surface area contributed by atoms with Crippen LogP contribution in [0.15, 0.2) is 11.2 Å². The average molecular weight is 315 g/mol. The third-order valence-corrected chi connectivity index (χ3v) is 4.74. The molecule has 0 saturated carbocycles. The Morgan fingerprint density at radius 3 is 2.83 bits per heavy atom. The Bertz CT molecular complexity index is 477. The van der Waals surface area contributed by atoms with E-state index in [9.17, 15) is 8.42 Å². The van der Waals surface area contributed by atoms with Crippen LogP contribution in [-0.4, -0.2) is 37.3 Å². The molecule has 1 aromatic rings. The van der Waals surface area contributed by atoms with Gasteiger partial charge in [-0.3, -0.25) is 4.68 Å². The number of hydrogen-bond acceptors (Lipinski definition) is 4. The molecule has 0 unspecified atom stereocenters. The Labute approximate surface area is 118 Å². The Morgan fingerprint density at radius 1 is 1.61 bits per heavy atom. The van der Waals surface area contributed by atoms with E-state index in [2.05, 4.69) is 15.1 Å². The van der Waals surface area contributed by atoms with Gasteiger partial charge < -0.3 is 5.32 Å². The molecule has 1 aliphatic heterocycles. The SMILES string of the molecule is Cl.Cn1ncc(Cl)c1S(=O)(=O)N[C@H]1CCCNC1. The summed E-state index contributed by atoms with van der Waals surface area (Å²) in [5.74, 6) is 0. The molecular weight excluding hydrogens is 299 g/mol. The van der Waals surface area contributed by atoms with Gasteiger partial charge in [-0.05, 0) is 19.4 Å². The van der Waals surface area contributed by atoms with Crippen molar-refractivity contribution >= 4 is 34.0 Å². The monoisotopic (exact) mass is 314 g/mol. The largest absolute Gasteiger partial charge is 0.315 e. The zero-order valence-electron chi connectivity index (χ0n) is 9.89. The van der Waals surface area contributed by atoms with E-state index in [0.29, 0.717) is 6.54 Å². The van der Waals surface area contributed by atoms with Gasteiger partial charge in [0.15, 0.2) is 5.03 Å². The van der Waals surface area contributed by atoms with Crippen LogP contribution in [0.2, 0.25) is 5.02 Å². The first-order chi connectivity index (χ1) is 8.00. The van der Waals surface area contributed by atoms with E-state index in [1.54, 1.807) is 7.05 Å². The van der Waals surface area contributed by atoms with Gasteiger partial charge in [-0.15, -0.1) is 12.4 Å². The normalized spacial score (nSPS) is 20.4. The highest BCUT2D eigenvalue weighted by molar-refractivity contribution is 7.89. The zero-order chi connectivity index (χ0) is 12.5. The third kappa shape index (κ3) is 3.36. The van der Waals surface area contributed by atoms with Crippen LogP contribution in [0.25, 0.3) is 0 Å². The van der Waals surface area contributed by atoms with Gasteiger partial charge in [0, 0.05) is 19.6 Å². The fourth-order valence-corrected chi connectivity index (χ4v) is 3.86. The number of rotatable bonds is 3. The molecule has 1 fully saturated rings. The summed E-state index contributed by atoms with van der Waals surface area (Å²) in [7, 11) is -2.04. The second-order valence-corrected chi connectivity index (χ2v) is 6.12. The van der Waals surface area contributed by atoms with E-state index in [4.69, 9.17) is 11.6 Å². The molecule has 0 bridgehead atoms. The summed E-state index contributed by atoms with van der Waals surface area (Å²) in [4.78, 5) is 0. The maximum absolute atomic E-state index is 12.1. The molecule has 104 valence electrons. The lowest BCUT2D eigenvalue weighted by Crippen LogP contribution is -2.45. The summed E-state index contributed by atoms with van der Waals surface area (Å²) in [6.45, 7) is 1.58. The van der Waals surface area contributed by atoms with Gasteiger partial charge in [0.25, 0.3) is 10.0 Å². The molecule has 2 N–H and O–H groups in total. The minimum Gasteiger partial charge on any atom is -0.315 e. The molecule has 0 radical (unpaired) electrons. The Hall–Kier alpha value is -0.340. The fraction of sp³-hybridized carbons (Fsp3) is 0.667. The smallest absolute Gasteiger partial charge is 0.259 e. The molecule has 18 heavy (non-hydrogen) atoms. The molecule has 0 spiro atoms. The molecule has 1 aliphatic rings. The van der Waals surface area contributed by atoms with Gasteiger partial charge >= 0.3 is 0 Å². The number of aryl methyl sites for hydroxylation is 1. The minimum atomic E-state index is -3.60. The zero-order valence-corrected chi connectivity index (χ0v) is 12.3. The topological polar surface area (TPSA) is 76.0 Å². The summed E-state index contributed by atoms with van der Waals surface area (Å²) >= 11 is 5.83. The Kier molecular flexibility index (Phi) is 5.42. The predicted molar refractivity (Wildman–Crippen MR) is 71.7 cm³/mol. The lowest BCUT2D eigenvalue weighted by molar-refractivity contribution is 0.427. The highest BCUT2D eigenvalue weighted by atomic mass is 35.5. The van der Waals surface area contributed by atoms with Crippen LogP contribution in [-0.2, 0) is 17.1 Å². The standard InChI is InChI=1S/C9H15ClN4O2S.ClH/c1-14-9(8(10)6-12-14)17(15,16)13-7-3-2-4-11-5-7;/h6-7,11,13H,2-5H2,1H3;1H/t7-;/m0./s1. The van der Waals surface area contributed by atoms with E-state index in [0.717, 1.165) is 19.4 Å². The van der Waals surface area contributed by atoms with Crippen LogP contribution in [0.5, 0.6) is 0 Å². The van der Waals surface area contributed by atoms with E-state index < -0.39 is 10.0 Å². The van der Waals surface area contributed by atoms with E-state index in [1.165, 1.54) is 10.9 Å². The van der Waals surface area contributed by atoms with Crippen molar-refractivity contribution < 1.29 is 8.42 Å². The number of sulfonamides is 1. The van der Waals surface area contributed by atoms with Crippen LogP contribution in [0.4, 0.5) is 0 Å². The van der Waals surface area contributed by atoms with Gasteiger partial charge in [-0.1, -0.05) is 11.6 Å². The number of nitrogens with zero attached hydrogens (tertiary/aromatic N) is 2. The van der Waals surface area contributed by atoms with Crippen molar-refractivity contribution in [1.29, 1.82) is 0 Å². The lowest BCUT2D eigenvalue weighted by Gasteiger charge is -2.23. The second kappa shape index (κ2) is 6.21. The quantitative estimate of drug-likeness (QED) is 0.853. The van der Waals surface area contributed by atoms with Crippen molar-refractivity contribution in [2.24, 2.45) is 7.05 Å². The Balaban J connectivity index is 0.00000162. The molecule has 0 aromatic carbocycles. The van der Waals surface area contributed by atoms with Crippen molar-refractivity contribution in [3.05, 3.63) is 11.2 Å². The summed E-state index contributed by atoms with van der Waals surface area (Å²) in [5.41, 5.74) is 0. The van der Waals surface area contributed by atoms with Crippen LogP contribution >= 0.6 is 24.0 Å². The number of hydrogen-bond donors (Lipinski definition) is 2. The molecular formula is C9H16Cl2N4O2S. The molecule has 9 heteroatoms. The molecule has 1 saturated heterocycles. The molecule has 2 rings (SSSR count). The van der Waals surface area contributed by atoms with Crippen molar-refractivity contribution in [2.75, 3.05) is 13.1 Å². The van der Waals surface area contributed by atoms with Crippen molar-refractivity contribution in [3.8, 4) is 0 Å². The summed E-state index contributed by atoms with van der Waals surface area (Å²) in [6.07, 6.45) is 3.13. The summed E-state index contributed by atoms with van der Waals surface area (Å²) in [5, 5.41) is 7.14. The first-order valence-electron chi connectivity index (χ1n) is 5.41. The van der Waals surface area contributed by atoms with Gasteiger partial charge in [-0.2, -0.15) is 5.10 Å². The van der Waals surface area contributed by atoms with E-state index in [-0.39, 0.29) is 28.5 Å². The van der Waals surface area contributed by atoms with Crippen LogP contribution < -0.4 is 10.0 Å². The first-order valence-corrected chi connectivity index (χ1v) is 7.27. The molecule has 2 heterocycles. The number of aromatic nitrogens is 2. The molecule has 0 amide bonds. The Morgan fingerprint density at radius 2 is 2.33 bits per heavy atom. The molecule has 6 nitrogen and oxygen atoms in total. The third-order valence-electron chi connectivity index (χ3n) is 2.72. The highest BCUT2D eigenvalue weighted by Gasteiger charge is 2.26. The fourth-order valence-electron chi connectivity index (χ4n) is 1.93. The molecule has 1 aromatic heterocycles. The predicted octanol–water partition coefficient (Wildman–Crippen LogP) is 0.526. The number of nitrogens with one attached hydrogen (secondary N) is 2. The lowest BCUT2D eigenvalue weighted by atomic mass is 10.1. The van der Waals surface area contributed by atoms with Gasteiger partial charge in [-0.25, -0.2) is 13.1 Å². The summed E-state index contributed by atoms with van der Waals surface area (Å²) in [6, 6.07) is -0.0836. The maximum Gasteiger partial charge on any atom is 0.259 e. The van der Waals surface area contributed by atoms with Crippen molar-refractivity contribution in [3.63, 3.8) is 0 Å². The number of piperidine rings is 1. The average Bonchev–Trinajstić information content (AvgIpc) is 2.59. The minimum absolute atomic E-state index is 0. The molecule has 1 atom stereocenters. The van der Waals surface area contributed by atoms with E-state index >= 15 is 0 Å². The van der Waals surface area contributed by atoms with Gasteiger partial charge in [0.2, 0.25) is 0 Å². The van der Waals surface area contributed by atoms with Crippen LogP contribution in [0.1, 0.15) is 12.8 Å². The number of halogens is 2. The summed E-state index contributed by atoms with van der Waals surface area (Å²) < 4.78 is 28.1. The highest BCUT2D eigenvalue weighted by Crippen LogP contribution is 2.20. The van der Waals surface area contributed by atoms with Crippen LogP contribution in [0.3, 0.4) is 0 Å². The van der Waals surface area contributed by atoms with Gasteiger partial charge in [0.1, 0.15) is 0 Å². The molecule has 0 aliphatic carbocycles. The maximum atomic E-state index is 12.1.